The molecule has 0 aliphatic carbocycles. The van der Waals surface area contributed by atoms with Crippen molar-refractivity contribution in [1.29, 1.82) is 0 Å². The minimum absolute atomic E-state index is 0. The Balaban J connectivity index is 0.00000315. The Bertz CT molecular complexity index is 3530. The summed E-state index contributed by atoms with van der Waals surface area (Å²) in [7, 11) is 0. The molecule has 5 aromatic carbocycles. The molecule has 8 heterocycles. The Morgan fingerprint density at radius 1 is 0.585 bits per heavy atom. The summed E-state index contributed by atoms with van der Waals surface area (Å²) < 4.78 is 18.2. The maximum absolute atomic E-state index is 6.70. The van der Waals surface area contributed by atoms with Crippen molar-refractivity contribution in [3.63, 3.8) is 0 Å². The number of fused-ring (bicyclic) bond motifs is 13. The van der Waals surface area contributed by atoms with Gasteiger partial charge in [0.2, 0.25) is 0 Å². The van der Waals surface area contributed by atoms with Crippen LogP contribution in [0, 0.1) is 12.1 Å². The van der Waals surface area contributed by atoms with Crippen LogP contribution in [-0.2, 0) is 43.7 Å². The minimum Gasteiger partial charge on any atom is -0.500 e. The van der Waals surface area contributed by atoms with Gasteiger partial charge in [-0.3, -0.25) is 9.97 Å². The fourth-order valence-electron chi connectivity index (χ4n) is 10.2. The van der Waals surface area contributed by atoms with E-state index in [4.69, 9.17) is 18.8 Å². The Kier molecular flexibility index (Phi) is 5.21. The van der Waals surface area contributed by atoms with Gasteiger partial charge in [-0.15, -0.1) is 12.1 Å². The maximum Gasteiger partial charge on any atom is 2.00 e. The van der Waals surface area contributed by atoms with Crippen LogP contribution in [0.2, 0.25) is 0 Å². The molecule has 0 N–H and O–H groups in total. The fourth-order valence-corrected chi connectivity index (χ4v) is 10.2. The second kappa shape index (κ2) is 9.11. The van der Waals surface area contributed by atoms with E-state index < -0.39 is 0 Å². The predicted octanol–water partition coefficient (Wildman–Crippen LogP) is 11.4. The molecule has 0 atom stereocenters. The topological polar surface area (TPSA) is 60.9 Å². The van der Waals surface area contributed by atoms with Gasteiger partial charge >= 0.3 is 21.1 Å². The third-order valence-corrected chi connectivity index (χ3v) is 13.5. The molecule has 6 nitrogen and oxygen atoms in total. The van der Waals surface area contributed by atoms with Gasteiger partial charge in [-0.2, -0.15) is 0 Å². The van der Waals surface area contributed by atoms with Crippen molar-refractivity contribution in [1.82, 2.24) is 18.8 Å². The second-order valence-corrected chi connectivity index (χ2v) is 17.0. The molecule has 0 fully saturated rings. The van der Waals surface area contributed by atoms with Crippen LogP contribution in [-0.4, -0.2) is 18.8 Å². The number of aromatic nitrogens is 4. The normalized spacial score (nSPS) is 17.1. The molecule has 258 valence electrons. The van der Waals surface area contributed by atoms with E-state index in [-0.39, 0.29) is 37.3 Å². The molecule has 7 heteroatoms. The quantitative estimate of drug-likeness (QED) is 0.113. The summed E-state index contributed by atoms with van der Waals surface area (Å²) in [5.41, 5.74) is 12.4. The zero-order chi connectivity index (χ0) is 34.8. The zero-order valence-electron chi connectivity index (χ0n) is 30.1. The third kappa shape index (κ3) is 3.26. The van der Waals surface area contributed by atoms with E-state index in [2.05, 4.69) is 123 Å². The first-order chi connectivity index (χ1) is 25.0. The summed E-state index contributed by atoms with van der Waals surface area (Å²) in [5, 5.41) is 10.4. The summed E-state index contributed by atoms with van der Waals surface area (Å²) >= 11 is 0. The van der Waals surface area contributed by atoms with Gasteiger partial charge in [-0.1, -0.05) is 133 Å². The van der Waals surface area contributed by atoms with E-state index >= 15 is 0 Å². The Morgan fingerprint density at radius 2 is 1.13 bits per heavy atom. The number of hydrogen-bond acceptors (Lipinski definition) is 4. The molecule has 0 saturated heterocycles. The van der Waals surface area contributed by atoms with Gasteiger partial charge < -0.3 is 17.6 Å². The Labute approximate surface area is 317 Å². The van der Waals surface area contributed by atoms with Gasteiger partial charge in [0.05, 0.1) is 33.6 Å². The molecule has 0 unspecified atom stereocenters. The maximum atomic E-state index is 6.70. The monoisotopic (exact) mass is 867 g/mol. The summed E-state index contributed by atoms with van der Waals surface area (Å²) in [6.45, 7) is 14.0. The molecule has 13 rings (SSSR count). The molecule has 0 bridgehead atoms. The van der Waals surface area contributed by atoms with Crippen LogP contribution in [0.4, 0.5) is 0 Å². The molecule has 53 heavy (non-hydrogen) atoms. The zero-order valence-corrected chi connectivity index (χ0v) is 32.3. The molecule has 6 aromatic heterocycles. The fraction of sp³-hybridized carbons (Fsp3) is 0.217. The average Bonchev–Trinajstić information content (AvgIpc) is 3.91. The Morgan fingerprint density at radius 3 is 1.75 bits per heavy atom. The van der Waals surface area contributed by atoms with Crippen molar-refractivity contribution in [3.8, 4) is 0 Å². The molecule has 0 spiro atoms. The molecule has 0 radical (unpaired) electrons. The molecule has 2 aliphatic rings. The van der Waals surface area contributed by atoms with Crippen molar-refractivity contribution < 1.29 is 29.9 Å². The van der Waals surface area contributed by atoms with Crippen LogP contribution >= 0.6 is 0 Å². The van der Waals surface area contributed by atoms with Crippen molar-refractivity contribution in [2.75, 3.05) is 0 Å². The summed E-state index contributed by atoms with van der Waals surface area (Å²) in [5.74, 6) is 0. The SMILES string of the molecule is CC1(C)Cc2cccc3c4cc5oc6ccc7oc8cc9c([c-]c8c7c6c5[c-]c4c4ncc1n4c23)c1ncc2n1c1c(cccc91)C(C)(C)C2(C)C.[Pt+2]. The van der Waals surface area contributed by atoms with Crippen LogP contribution in [0.3, 0.4) is 0 Å². The summed E-state index contributed by atoms with van der Waals surface area (Å²) in [6.07, 6.45) is 5.12. The van der Waals surface area contributed by atoms with Gasteiger partial charge in [0.25, 0.3) is 0 Å². The third-order valence-electron chi connectivity index (χ3n) is 13.5. The first kappa shape index (κ1) is 30.3. The predicted molar refractivity (Wildman–Crippen MR) is 209 cm³/mol. The van der Waals surface area contributed by atoms with Gasteiger partial charge in [0.1, 0.15) is 0 Å². The van der Waals surface area contributed by atoms with E-state index in [0.29, 0.717) is 0 Å². The first-order valence-corrected chi connectivity index (χ1v) is 18.2. The van der Waals surface area contributed by atoms with Crippen molar-refractivity contribution in [2.24, 2.45) is 0 Å². The molecule has 0 saturated carbocycles. The smallest absolute Gasteiger partial charge is 0.500 e. The van der Waals surface area contributed by atoms with E-state index in [9.17, 15) is 0 Å². The number of para-hydroxylation sites is 2. The van der Waals surface area contributed by atoms with Crippen LogP contribution in [0.1, 0.15) is 64.1 Å². The number of pyridine rings is 2. The summed E-state index contributed by atoms with van der Waals surface area (Å²) in [4.78, 5) is 10.2. The van der Waals surface area contributed by atoms with Crippen molar-refractivity contribution in [3.05, 3.63) is 108 Å². The number of benzene rings is 5. The number of rotatable bonds is 0. The van der Waals surface area contributed by atoms with E-state index in [0.717, 1.165) is 83.1 Å². The Hall–Kier alpha value is -5.19. The average molecular weight is 868 g/mol. The van der Waals surface area contributed by atoms with E-state index in [1.807, 2.05) is 12.1 Å². The van der Waals surface area contributed by atoms with E-state index in [1.54, 1.807) is 0 Å². The molecule has 11 aromatic rings. The van der Waals surface area contributed by atoms with Crippen molar-refractivity contribution in [2.45, 2.75) is 64.2 Å². The molecule has 2 aliphatic heterocycles. The van der Waals surface area contributed by atoms with Gasteiger partial charge in [0, 0.05) is 51.1 Å². The number of nitrogens with zero attached hydrogens (tertiary/aromatic N) is 4. The number of hydrogen-bond donors (Lipinski definition) is 0. The molecule has 0 amide bonds. The standard InChI is InChI=1S/C46H32N4O2.Pt/c1-44(2)19-22-9-7-10-23-25-17-34-29(15-27(25)42-47-20-36(44)49(42)40(22)23)38-32(51-34)13-14-33-39(38)30-16-28-26(18-35(30)52-33)24-11-8-12-31-41(24)50-37(21-48-43(28)50)46(5,6)45(31,3)4;/h7-14,17-18,20-21H,19H2,1-6H3;/q-2;+2. The largest absolute Gasteiger partial charge is 2.00 e. The van der Waals surface area contributed by atoms with Gasteiger partial charge in [-0.05, 0) is 40.5 Å². The summed E-state index contributed by atoms with van der Waals surface area (Å²) in [6, 6.07) is 29.6. The van der Waals surface area contributed by atoms with Crippen LogP contribution in [0.5, 0.6) is 0 Å². The number of furan rings is 2. The van der Waals surface area contributed by atoms with Crippen LogP contribution in [0.25, 0.3) is 98.5 Å². The van der Waals surface area contributed by atoms with Gasteiger partial charge in [-0.25, -0.2) is 0 Å². The van der Waals surface area contributed by atoms with Crippen molar-refractivity contribution >= 4 is 98.5 Å². The second-order valence-electron chi connectivity index (χ2n) is 17.0. The van der Waals surface area contributed by atoms with Crippen LogP contribution < -0.4 is 0 Å². The van der Waals surface area contributed by atoms with Crippen LogP contribution in [0.15, 0.2) is 81.9 Å². The molecular weight excluding hydrogens is 836 g/mol. The van der Waals surface area contributed by atoms with Gasteiger partial charge in [0.15, 0.2) is 0 Å². The number of imidazole rings is 2. The van der Waals surface area contributed by atoms with E-state index in [1.165, 1.54) is 44.3 Å². The minimum atomic E-state index is -0.128. The molecular formula is C46H32N4O2Pt. The first-order valence-electron chi connectivity index (χ1n) is 18.2.